The van der Waals surface area contributed by atoms with Crippen molar-refractivity contribution >= 4 is 11.8 Å². The van der Waals surface area contributed by atoms with Crippen molar-refractivity contribution in [2.24, 2.45) is 5.73 Å². The highest BCUT2D eigenvalue weighted by molar-refractivity contribution is 5.79. The number of carbonyl (C=O) groups excluding carboxylic acids is 2. The summed E-state index contributed by atoms with van der Waals surface area (Å²) in [7, 11) is 0. The number of hydrogen-bond acceptors (Lipinski definition) is 3. The van der Waals surface area contributed by atoms with E-state index in [0.717, 1.165) is 11.1 Å². The van der Waals surface area contributed by atoms with Crippen LogP contribution in [-0.4, -0.2) is 23.9 Å². The summed E-state index contributed by atoms with van der Waals surface area (Å²) in [6.45, 7) is 7.53. The zero-order chi connectivity index (χ0) is 16.0. The topological polar surface area (TPSA) is 84.2 Å². The summed E-state index contributed by atoms with van der Waals surface area (Å²) in [6, 6.07) is 7.45. The Balaban J connectivity index is 2.81. The number of hydrogen-bond donors (Lipinski definition) is 3. The summed E-state index contributed by atoms with van der Waals surface area (Å²) in [5.74, 6) is -0.295. The standard InChI is InChI=1S/C16H25N3O2/c1-11-5-7-13(8-6-11)14(18-12(2)20)9-15(21)19-16(3,4)10-17/h5-8,14H,9-10,17H2,1-4H3,(H,18,20)(H,19,21). The van der Waals surface area contributed by atoms with Crippen LogP contribution in [0.2, 0.25) is 0 Å². The van der Waals surface area contributed by atoms with Gasteiger partial charge in [-0.2, -0.15) is 0 Å². The van der Waals surface area contributed by atoms with Crippen LogP contribution in [-0.2, 0) is 9.59 Å². The molecule has 4 N–H and O–H groups in total. The summed E-state index contributed by atoms with van der Waals surface area (Å²) >= 11 is 0. The van der Waals surface area contributed by atoms with Crippen molar-refractivity contribution < 1.29 is 9.59 Å². The van der Waals surface area contributed by atoms with Gasteiger partial charge < -0.3 is 16.4 Å². The number of carbonyl (C=O) groups is 2. The maximum atomic E-state index is 12.1. The van der Waals surface area contributed by atoms with Crippen molar-refractivity contribution in [3.05, 3.63) is 35.4 Å². The van der Waals surface area contributed by atoms with Crippen molar-refractivity contribution in [2.75, 3.05) is 6.54 Å². The van der Waals surface area contributed by atoms with Gasteiger partial charge in [-0.1, -0.05) is 29.8 Å². The van der Waals surface area contributed by atoms with Crippen LogP contribution in [0.1, 0.15) is 44.4 Å². The van der Waals surface area contributed by atoms with E-state index in [9.17, 15) is 9.59 Å². The molecule has 0 saturated heterocycles. The van der Waals surface area contributed by atoms with Crippen molar-refractivity contribution in [1.82, 2.24) is 10.6 Å². The minimum atomic E-state index is -0.453. The highest BCUT2D eigenvalue weighted by atomic mass is 16.2. The Bertz CT molecular complexity index is 495. The molecule has 0 aliphatic carbocycles. The molecule has 2 amide bonds. The normalized spacial score (nSPS) is 12.6. The van der Waals surface area contributed by atoms with E-state index in [2.05, 4.69) is 10.6 Å². The second kappa shape index (κ2) is 7.22. The first-order valence-electron chi connectivity index (χ1n) is 7.08. The van der Waals surface area contributed by atoms with Gasteiger partial charge in [0.25, 0.3) is 0 Å². The molecule has 0 aromatic heterocycles. The van der Waals surface area contributed by atoms with Crippen molar-refractivity contribution in [2.45, 2.75) is 45.7 Å². The van der Waals surface area contributed by atoms with Gasteiger partial charge in [0, 0.05) is 19.0 Å². The van der Waals surface area contributed by atoms with Gasteiger partial charge in [0.2, 0.25) is 11.8 Å². The molecule has 5 nitrogen and oxygen atoms in total. The molecular formula is C16H25N3O2. The molecule has 1 aromatic rings. The van der Waals surface area contributed by atoms with Gasteiger partial charge in [0.1, 0.15) is 0 Å². The predicted octanol–water partition coefficient (Wildman–Crippen LogP) is 1.42. The second-order valence-electron chi connectivity index (χ2n) is 6.00. The molecule has 21 heavy (non-hydrogen) atoms. The van der Waals surface area contributed by atoms with E-state index in [4.69, 9.17) is 5.73 Å². The molecule has 0 fully saturated rings. The number of amides is 2. The van der Waals surface area contributed by atoms with Crippen LogP contribution >= 0.6 is 0 Å². The summed E-state index contributed by atoms with van der Waals surface area (Å²) in [6.07, 6.45) is 0.187. The van der Waals surface area contributed by atoms with Crippen molar-refractivity contribution in [1.29, 1.82) is 0 Å². The summed E-state index contributed by atoms with van der Waals surface area (Å²) in [5.41, 5.74) is 7.20. The molecule has 0 radical (unpaired) electrons. The molecule has 0 bridgehead atoms. The highest BCUT2D eigenvalue weighted by Crippen LogP contribution is 2.18. The lowest BCUT2D eigenvalue weighted by atomic mass is 10.0. The Morgan fingerprint density at radius 1 is 1.24 bits per heavy atom. The molecule has 5 heteroatoms. The Labute approximate surface area is 126 Å². The van der Waals surface area contributed by atoms with E-state index < -0.39 is 5.54 Å². The molecule has 1 atom stereocenters. The zero-order valence-electron chi connectivity index (χ0n) is 13.2. The van der Waals surface area contributed by atoms with Gasteiger partial charge in [-0.3, -0.25) is 9.59 Å². The van der Waals surface area contributed by atoms with Gasteiger partial charge in [-0.25, -0.2) is 0 Å². The first-order valence-corrected chi connectivity index (χ1v) is 7.08. The van der Waals surface area contributed by atoms with E-state index in [1.54, 1.807) is 0 Å². The minimum Gasteiger partial charge on any atom is -0.350 e. The Morgan fingerprint density at radius 2 is 1.81 bits per heavy atom. The third-order valence-corrected chi connectivity index (χ3v) is 3.23. The third-order valence-electron chi connectivity index (χ3n) is 3.23. The Kier molecular flexibility index (Phi) is 5.90. The number of aryl methyl sites for hydroxylation is 1. The van der Waals surface area contributed by atoms with E-state index in [1.165, 1.54) is 6.92 Å². The fourth-order valence-electron chi connectivity index (χ4n) is 1.96. The van der Waals surface area contributed by atoms with Crippen LogP contribution in [0.3, 0.4) is 0 Å². The van der Waals surface area contributed by atoms with E-state index in [1.807, 2.05) is 45.0 Å². The molecular weight excluding hydrogens is 266 g/mol. The fourth-order valence-corrected chi connectivity index (χ4v) is 1.96. The van der Waals surface area contributed by atoms with Gasteiger partial charge >= 0.3 is 0 Å². The predicted molar refractivity (Wildman–Crippen MR) is 83.6 cm³/mol. The third kappa shape index (κ3) is 5.95. The molecule has 0 heterocycles. The fraction of sp³-hybridized carbons (Fsp3) is 0.500. The first kappa shape index (κ1) is 17.2. The summed E-state index contributed by atoms with van der Waals surface area (Å²) < 4.78 is 0. The smallest absolute Gasteiger partial charge is 0.222 e. The van der Waals surface area contributed by atoms with Crippen LogP contribution in [0.5, 0.6) is 0 Å². The summed E-state index contributed by atoms with van der Waals surface area (Å²) in [5, 5.41) is 5.69. The molecule has 0 spiro atoms. The van der Waals surface area contributed by atoms with Crippen LogP contribution in [0.15, 0.2) is 24.3 Å². The van der Waals surface area contributed by atoms with Crippen molar-refractivity contribution in [3.63, 3.8) is 0 Å². The number of nitrogens with two attached hydrogens (primary N) is 1. The maximum absolute atomic E-state index is 12.1. The average molecular weight is 291 g/mol. The SMILES string of the molecule is CC(=O)NC(CC(=O)NC(C)(C)CN)c1ccc(C)cc1. The minimum absolute atomic E-state index is 0.134. The maximum Gasteiger partial charge on any atom is 0.222 e. The monoisotopic (exact) mass is 291 g/mol. The molecule has 0 aliphatic rings. The van der Waals surface area contributed by atoms with Crippen LogP contribution < -0.4 is 16.4 Å². The average Bonchev–Trinajstić information content (AvgIpc) is 2.37. The lowest BCUT2D eigenvalue weighted by molar-refractivity contribution is -0.124. The second-order valence-corrected chi connectivity index (χ2v) is 6.00. The lowest BCUT2D eigenvalue weighted by Gasteiger charge is -2.26. The van der Waals surface area contributed by atoms with Crippen LogP contribution in [0.4, 0.5) is 0 Å². The highest BCUT2D eigenvalue weighted by Gasteiger charge is 2.22. The summed E-state index contributed by atoms with van der Waals surface area (Å²) in [4.78, 5) is 23.5. The van der Waals surface area contributed by atoms with Crippen molar-refractivity contribution in [3.8, 4) is 0 Å². The van der Waals surface area contributed by atoms with Gasteiger partial charge in [0.05, 0.1) is 12.5 Å². The molecule has 116 valence electrons. The van der Waals surface area contributed by atoms with E-state index in [-0.39, 0.29) is 24.3 Å². The molecule has 0 aliphatic heterocycles. The van der Waals surface area contributed by atoms with Gasteiger partial charge in [-0.15, -0.1) is 0 Å². The first-order chi connectivity index (χ1) is 9.73. The molecule has 1 rings (SSSR count). The lowest BCUT2D eigenvalue weighted by Crippen LogP contribution is -2.49. The molecule has 1 aromatic carbocycles. The van der Waals surface area contributed by atoms with E-state index >= 15 is 0 Å². The van der Waals surface area contributed by atoms with E-state index in [0.29, 0.717) is 6.54 Å². The van der Waals surface area contributed by atoms with Gasteiger partial charge in [-0.05, 0) is 26.3 Å². The molecule has 0 saturated carbocycles. The quantitative estimate of drug-likeness (QED) is 0.741. The molecule has 1 unspecified atom stereocenters. The largest absolute Gasteiger partial charge is 0.350 e. The van der Waals surface area contributed by atoms with Crippen LogP contribution in [0.25, 0.3) is 0 Å². The number of nitrogens with one attached hydrogen (secondary N) is 2. The Morgan fingerprint density at radius 3 is 2.29 bits per heavy atom. The van der Waals surface area contributed by atoms with Gasteiger partial charge in [0.15, 0.2) is 0 Å². The number of benzene rings is 1. The zero-order valence-corrected chi connectivity index (χ0v) is 13.2. The number of rotatable bonds is 6. The Hall–Kier alpha value is -1.88. The van der Waals surface area contributed by atoms with Crippen LogP contribution in [0, 0.1) is 6.92 Å².